The Bertz CT molecular complexity index is 411. The van der Waals surface area contributed by atoms with Crippen LogP contribution >= 0.6 is 0 Å². The van der Waals surface area contributed by atoms with Gasteiger partial charge in [-0.2, -0.15) is 0 Å². The van der Waals surface area contributed by atoms with E-state index in [4.69, 9.17) is 4.74 Å². The number of rotatable bonds is 4. The number of hydrogen-bond donors (Lipinski definition) is 2. The molecule has 4 rings (SSSR count). The van der Waals surface area contributed by atoms with Gasteiger partial charge in [-0.05, 0) is 57.3 Å². The molecular formula is C16H25NO4. The minimum atomic E-state index is -0.797. The van der Waals surface area contributed by atoms with Crippen LogP contribution in [0.15, 0.2) is 0 Å². The van der Waals surface area contributed by atoms with Gasteiger partial charge in [0.25, 0.3) is 0 Å². The Balaban J connectivity index is 1.68. The topological polar surface area (TPSA) is 75.6 Å². The molecule has 0 unspecified atom stereocenters. The molecule has 21 heavy (non-hydrogen) atoms. The molecule has 4 fully saturated rings. The van der Waals surface area contributed by atoms with Gasteiger partial charge in [0.2, 0.25) is 5.91 Å². The smallest absolute Gasteiger partial charge is 0.307 e. The van der Waals surface area contributed by atoms with Crippen molar-refractivity contribution in [2.75, 3.05) is 6.61 Å². The van der Waals surface area contributed by atoms with Crippen LogP contribution in [-0.4, -0.2) is 35.7 Å². The van der Waals surface area contributed by atoms with Crippen molar-refractivity contribution in [1.29, 1.82) is 0 Å². The van der Waals surface area contributed by atoms with Crippen LogP contribution in [-0.2, 0) is 14.3 Å². The fourth-order valence-corrected chi connectivity index (χ4v) is 4.59. The van der Waals surface area contributed by atoms with Crippen LogP contribution in [0.25, 0.3) is 0 Å². The summed E-state index contributed by atoms with van der Waals surface area (Å²) < 4.78 is 5.61. The number of fused-ring (bicyclic) bond motifs is 3. The normalized spacial score (nSPS) is 40.0. The molecule has 2 bridgehead atoms. The first kappa shape index (κ1) is 14.8. The first-order chi connectivity index (χ1) is 10.1. The average Bonchev–Trinajstić information content (AvgIpc) is 3.01. The van der Waals surface area contributed by atoms with E-state index in [1.807, 2.05) is 6.92 Å². The molecule has 1 amide bonds. The minimum absolute atomic E-state index is 0.0325. The molecule has 0 aromatic rings. The second kappa shape index (κ2) is 5.95. The van der Waals surface area contributed by atoms with Crippen LogP contribution in [0.1, 0.15) is 45.4 Å². The molecule has 3 aliphatic carbocycles. The van der Waals surface area contributed by atoms with Gasteiger partial charge >= 0.3 is 5.97 Å². The maximum absolute atomic E-state index is 12.6. The zero-order valence-electron chi connectivity index (χ0n) is 12.6. The molecule has 1 saturated heterocycles. The van der Waals surface area contributed by atoms with Gasteiger partial charge in [0.1, 0.15) is 0 Å². The van der Waals surface area contributed by atoms with Crippen LogP contribution < -0.4 is 5.32 Å². The zero-order valence-corrected chi connectivity index (χ0v) is 12.6. The van der Waals surface area contributed by atoms with Crippen molar-refractivity contribution in [3.05, 3.63) is 0 Å². The van der Waals surface area contributed by atoms with Crippen molar-refractivity contribution in [1.82, 2.24) is 5.32 Å². The van der Waals surface area contributed by atoms with Crippen molar-refractivity contribution in [3.63, 3.8) is 0 Å². The molecule has 0 radical (unpaired) electrons. The summed E-state index contributed by atoms with van der Waals surface area (Å²) in [5.74, 6) is -1.28. The lowest BCUT2D eigenvalue weighted by molar-refractivity contribution is -0.158. The summed E-state index contributed by atoms with van der Waals surface area (Å²) in [6.07, 6.45) is 6.02. The molecule has 5 nitrogen and oxygen atoms in total. The number of hydrogen-bond acceptors (Lipinski definition) is 3. The Hall–Kier alpha value is -1.10. The third kappa shape index (κ3) is 2.80. The van der Waals surface area contributed by atoms with Gasteiger partial charge in [-0.3, -0.25) is 9.59 Å². The van der Waals surface area contributed by atoms with E-state index in [1.54, 1.807) is 0 Å². The number of carbonyl (C=O) groups excluding carboxylic acids is 1. The maximum Gasteiger partial charge on any atom is 0.307 e. The Kier molecular flexibility index (Phi) is 4.20. The zero-order chi connectivity index (χ0) is 15.0. The standard InChI is InChI=1S/C16H25NO4/c1-9(12-3-2-8-21-12)17-15(18)13-10-4-6-11(7-5-10)14(13)16(19)20/h9-14H,2-8H2,1H3,(H,17,18)(H,19,20)/t9-,10?,11?,12+,13+,14+/m1/s1. The fraction of sp³-hybridized carbons (Fsp3) is 0.875. The van der Waals surface area contributed by atoms with E-state index < -0.39 is 11.9 Å². The van der Waals surface area contributed by atoms with E-state index in [1.165, 1.54) is 0 Å². The number of ether oxygens (including phenoxy) is 1. The number of carbonyl (C=O) groups is 2. The summed E-state index contributed by atoms with van der Waals surface area (Å²) in [5.41, 5.74) is 0. The third-order valence-corrected chi connectivity index (χ3v) is 5.70. The van der Waals surface area contributed by atoms with Gasteiger partial charge < -0.3 is 15.2 Å². The molecule has 1 aliphatic heterocycles. The van der Waals surface area contributed by atoms with Crippen LogP contribution in [0.3, 0.4) is 0 Å². The molecular weight excluding hydrogens is 270 g/mol. The number of aliphatic carboxylic acids is 1. The lowest BCUT2D eigenvalue weighted by Crippen LogP contribution is -2.53. The monoisotopic (exact) mass is 295 g/mol. The first-order valence-corrected chi connectivity index (χ1v) is 8.22. The average molecular weight is 295 g/mol. The number of carboxylic acids is 1. The molecule has 4 atom stereocenters. The van der Waals surface area contributed by atoms with E-state index in [0.29, 0.717) is 0 Å². The minimum Gasteiger partial charge on any atom is -0.481 e. The Labute approximate surface area is 125 Å². The van der Waals surface area contributed by atoms with Crippen molar-refractivity contribution in [3.8, 4) is 0 Å². The summed E-state index contributed by atoms with van der Waals surface area (Å²) in [4.78, 5) is 24.2. The predicted octanol–water partition coefficient (Wildman–Crippen LogP) is 1.81. The molecule has 2 N–H and O–H groups in total. The van der Waals surface area contributed by atoms with Gasteiger partial charge in [0.05, 0.1) is 24.0 Å². The van der Waals surface area contributed by atoms with Crippen molar-refractivity contribution in [2.24, 2.45) is 23.7 Å². The Morgan fingerprint density at radius 3 is 2.24 bits per heavy atom. The van der Waals surface area contributed by atoms with E-state index in [2.05, 4.69) is 5.32 Å². The number of nitrogens with one attached hydrogen (secondary N) is 1. The van der Waals surface area contributed by atoms with E-state index in [0.717, 1.165) is 45.1 Å². The highest BCUT2D eigenvalue weighted by atomic mass is 16.5. The maximum atomic E-state index is 12.6. The lowest BCUT2D eigenvalue weighted by atomic mass is 9.58. The van der Waals surface area contributed by atoms with E-state index in [-0.39, 0.29) is 35.8 Å². The van der Waals surface area contributed by atoms with E-state index in [9.17, 15) is 14.7 Å². The second-order valence-electron chi connectivity index (χ2n) is 6.91. The van der Waals surface area contributed by atoms with Gasteiger partial charge in [-0.15, -0.1) is 0 Å². The summed E-state index contributed by atoms with van der Waals surface area (Å²) in [6.45, 7) is 2.72. The predicted molar refractivity (Wildman–Crippen MR) is 76.6 cm³/mol. The quantitative estimate of drug-likeness (QED) is 0.829. The second-order valence-corrected chi connectivity index (χ2v) is 6.91. The van der Waals surface area contributed by atoms with Crippen molar-refractivity contribution < 1.29 is 19.4 Å². The molecule has 1 heterocycles. The molecule has 118 valence electrons. The summed E-state index contributed by atoms with van der Waals surface area (Å²) >= 11 is 0. The van der Waals surface area contributed by atoms with Gasteiger partial charge in [-0.25, -0.2) is 0 Å². The van der Waals surface area contributed by atoms with Crippen LogP contribution in [0, 0.1) is 23.7 Å². The summed E-state index contributed by atoms with van der Waals surface area (Å²) in [7, 11) is 0. The molecule has 5 heteroatoms. The highest BCUT2D eigenvalue weighted by Crippen LogP contribution is 2.49. The van der Waals surface area contributed by atoms with Crippen molar-refractivity contribution >= 4 is 11.9 Å². The Morgan fingerprint density at radius 2 is 1.71 bits per heavy atom. The molecule has 4 aliphatic rings. The third-order valence-electron chi connectivity index (χ3n) is 5.70. The van der Waals surface area contributed by atoms with E-state index >= 15 is 0 Å². The molecule has 3 saturated carbocycles. The van der Waals surface area contributed by atoms with Gasteiger partial charge in [0.15, 0.2) is 0 Å². The number of amides is 1. The summed E-state index contributed by atoms with van der Waals surface area (Å²) in [6, 6.07) is -0.0325. The largest absolute Gasteiger partial charge is 0.481 e. The highest BCUT2D eigenvalue weighted by molar-refractivity contribution is 5.85. The van der Waals surface area contributed by atoms with Crippen LogP contribution in [0.2, 0.25) is 0 Å². The fourth-order valence-electron chi connectivity index (χ4n) is 4.59. The molecule has 0 aromatic carbocycles. The first-order valence-electron chi connectivity index (χ1n) is 8.22. The van der Waals surface area contributed by atoms with Crippen molar-refractivity contribution in [2.45, 2.75) is 57.6 Å². The SMILES string of the molecule is C[C@@H](NC(=O)[C@H]1C2CCC(CC2)[C@@H]1C(=O)O)[C@@H]1CCCO1. The number of carboxylic acid groups (broad SMARTS) is 1. The summed E-state index contributed by atoms with van der Waals surface area (Å²) in [5, 5.41) is 12.6. The lowest BCUT2D eigenvalue weighted by Gasteiger charge is -2.46. The van der Waals surface area contributed by atoms with Crippen LogP contribution in [0.5, 0.6) is 0 Å². The highest BCUT2D eigenvalue weighted by Gasteiger charge is 2.50. The Morgan fingerprint density at radius 1 is 1.10 bits per heavy atom. The molecule has 0 aromatic heterocycles. The van der Waals surface area contributed by atoms with Crippen LogP contribution in [0.4, 0.5) is 0 Å². The van der Waals surface area contributed by atoms with Gasteiger partial charge in [0, 0.05) is 6.61 Å². The molecule has 0 spiro atoms. The van der Waals surface area contributed by atoms with Gasteiger partial charge in [-0.1, -0.05) is 0 Å².